The number of benzene rings is 1. The van der Waals surface area contributed by atoms with Crippen LogP contribution in [-0.4, -0.2) is 18.3 Å². The zero-order valence-corrected chi connectivity index (χ0v) is 10.8. The average Bonchev–Trinajstić information content (AvgIpc) is 2.28. The molecule has 0 fully saturated rings. The lowest BCUT2D eigenvalue weighted by molar-refractivity contribution is -0.123. The summed E-state index contributed by atoms with van der Waals surface area (Å²) in [5, 5.41) is 3.01. The molecule has 2 unspecified atom stereocenters. The average molecular weight is 252 g/mol. The molecule has 1 N–H and O–H groups in total. The SMILES string of the molecule is CC(CCCl)CNC(=O)C1Cc2ccccc21. The molecule has 0 bridgehead atoms. The van der Waals surface area contributed by atoms with Gasteiger partial charge in [-0.05, 0) is 29.9 Å². The maximum absolute atomic E-state index is 12.0. The molecule has 2 atom stereocenters. The first-order valence-electron chi connectivity index (χ1n) is 6.14. The Morgan fingerprint density at radius 1 is 1.53 bits per heavy atom. The lowest BCUT2D eigenvalue weighted by Crippen LogP contribution is -2.37. The summed E-state index contributed by atoms with van der Waals surface area (Å²) in [6.07, 6.45) is 1.83. The number of carbonyl (C=O) groups is 1. The van der Waals surface area contributed by atoms with E-state index in [0.717, 1.165) is 19.4 Å². The first-order chi connectivity index (χ1) is 8.22. The van der Waals surface area contributed by atoms with Crippen molar-refractivity contribution in [1.29, 1.82) is 0 Å². The normalized spacial score (nSPS) is 19.1. The van der Waals surface area contributed by atoms with Crippen LogP contribution in [0.2, 0.25) is 0 Å². The van der Waals surface area contributed by atoms with Gasteiger partial charge in [0.25, 0.3) is 0 Å². The molecule has 1 aromatic rings. The molecule has 1 aliphatic rings. The Morgan fingerprint density at radius 3 is 3.00 bits per heavy atom. The Hall–Kier alpha value is -1.02. The first kappa shape index (κ1) is 12.4. The molecule has 0 aromatic heterocycles. The van der Waals surface area contributed by atoms with Crippen molar-refractivity contribution in [2.75, 3.05) is 12.4 Å². The second-order valence-electron chi connectivity index (χ2n) is 4.78. The van der Waals surface area contributed by atoms with Crippen molar-refractivity contribution in [3.63, 3.8) is 0 Å². The van der Waals surface area contributed by atoms with Crippen LogP contribution < -0.4 is 5.32 Å². The van der Waals surface area contributed by atoms with Crippen molar-refractivity contribution >= 4 is 17.5 Å². The fourth-order valence-corrected chi connectivity index (χ4v) is 2.55. The fraction of sp³-hybridized carbons (Fsp3) is 0.500. The molecule has 2 rings (SSSR count). The van der Waals surface area contributed by atoms with E-state index in [1.165, 1.54) is 11.1 Å². The number of carbonyl (C=O) groups excluding carboxylic acids is 1. The predicted molar refractivity (Wildman–Crippen MR) is 70.4 cm³/mol. The third-order valence-electron chi connectivity index (χ3n) is 3.40. The van der Waals surface area contributed by atoms with Gasteiger partial charge in [0, 0.05) is 12.4 Å². The molecule has 92 valence electrons. The lowest BCUT2D eigenvalue weighted by Gasteiger charge is -2.29. The van der Waals surface area contributed by atoms with Crippen LogP contribution in [0.1, 0.15) is 30.4 Å². The van der Waals surface area contributed by atoms with Gasteiger partial charge in [-0.1, -0.05) is 31.2 Å². The third kappa shape index (κ3) is 2.81. The maximum Gasteiger partial charge on any atom is 0.227 e. The van der Waals surface area contributed by atoms with E-state index in [2.05, 4.69) is 18.3 Å². The molecular weight excluding hydrogens is 234 g/mol. The van der Waals surface area contributed by atoms with Gasteiger partial charge >= 0.3 is 0 Å². The minimum atomic E-state index is 0.0643. The number of amides is 1. The summed E-state index contributed by atoms with van der Waals surface area (Å²) in [7, 11) is 0. The van der Waals surface area contributed by atoms with E-state index in [0.29, 0.717) is 11.8 Å². The van der Waals surface area contributed by atoms with Crippen molar-refractivity contribution in [2.24, 2.45) is 5.92 Å². The van der Waals surface area contributed by atoms with Gasteiger partial charge in [0.05, 0.1) is 5.92 Å². The molecule has 0 saturated carbocycles. The highest BCUT2D eigenvalue weighted by atomic mass is 35.5. The van der Waals surface area contributed by atoms with Gasteiger partial charge in [0.2, 0.25) is 5.91 Å². The molecule has 1 aromatic carbocycles. The molecule has 1 amide bonds. The lowest BCUT2D eigenvalue weighted by atomic mass is 9.77. The molecular formula is C14H18ClNO. The molecule has 0 spiro atoms. The number of fused-ring (bicyclic) bond motifs is 1. The van der Waals surface area contributed by atoms with Gasteiger partial charge in [-0.25, -0.2) is 0 Å². The molecule has 1 aliphatic carbocycles. The summed E-state index contributed by atoms with van der Waals surface area (Å²) in [4.78, 5) is 12.0. The predicted octanol–water partition coefficient (Wildman–Crippen LogP) is 2.71. The Morgan fingerprint density at radius 2 is 2.29 bits per heavy atom. The van der Waals surface area contributed by atoms with Crippen molar-refractivity contribution in [1.82, 2.24) is 5.32 Å². The summed E-state index contributed by atoms with van der Waals surface area (Å²) >= 11 is 5.67. The Kier molecular flexibility index (Phi) is 4.06. The quantitative estimate of drug-likeness (QED) is 0.801. The van der Waals surface area contributed by atoms with Crippen molar-refractivity contribution in [3.05, 3.63) is 35.4 Å². The second kappa shape index (κ2) is 5.54. The van der Waals surface area contributed by atoms with Crippen LogP contribution in [-0.2, 0) is 11.2 Å². The minimum absolute atomic E-state index is 0.0643. The molecule has 0 saturated heterocycles. The monoisotopic (exact) mass is 251 g/mol. The largest absolute Gasteiger partial charge is 0.355 e. The Bertz CT molecular complexity index is 405. The summed E-state index contributed by atoms with van der Waals surface area (Å²) < 4.78 is 0. The first-order valence-corrected chi connectivity index (χ1v) is 6.67. The van der Waals surface area contributed by atoms with E-state index in [9.17, 15) is 4.79 Å². The topological polar surface area (TPSA) is 29.1 Å². The van der Waals surface area contributed by atoms with Crippen LogP contribution in [0.25, 0.3) is 0 Å². The van der Waals surface area contributed by atoms with Gasteiger partial charge in [-0.15, -0.1) is 11.6 Å². The molecule has 0 radical (unpaired) electrons. The number of hydrogen-bond acceptors (Lipinski definition) is 1. The summed E-state index contributed by atoms with van der Waals surface area (Å²) in [5.41, 5.74) is 2.50. The highest BCUT2D eigenvalue weighted by Gasteiger charge is 2.31. The van der Waals surface area contributed by atoms with Gasteiger partial charge in [0.1, 0.15) is 0 Å². The van der Waals surface area contributed by atoms with Crippen LogP contribution in [0.4, 0.5) is 0 Å². The molecule has 3 heteroatoms. The van der Waals surface area contributed by atoms with Crippen LogP contribution in [0.5, 0.6) is 0 Å². The number of hydrogen-bond donors (Lipinski definition) is 1. The van der Waals surface area contributed by atoms with Crippen LogP contribution in [0.15, 0.2) is 24.3 Å². The maximum atomic E-state index is 12.0. The zero-order chi connectivity index (χ0) is 12.3. The molecule has 2 nitrogen and oxygen atoms in total. The van der Waals surface area contributed by atoms with E-state index < -0.39 is 0 Å². The van der Waals surface area contributed by atoms with E-state index in [-0.39, 0.29) is 11.8 Å². The number of alkyl halides is 1. The number of rotatable bonds is 5. The van der Waals surface area contributed by atoms with Crippen LogP contribution in [0.3, 0.4) is 0 Å². The molecule has 0 aliphatic heterocycles. The highest BCUT2D eigenvalue weighted by Crippen LogP contribution is 2.34. The molecule has 17 heavy (non-hydrogen) atoms. The summed E-state index contributed by atoms with van der Waals surface area (Å²) in [6.45, 7) is 2.83. The van der Waals surface area contributed by atoms with Gasteiger partial charge in [-0.3, -0.25) is 4.79 Å². The van der Waals surface area contributed by atoms with E-state index >= 15 is 0 Å². The minimum Gasteiger partial charge on any atom is -0.355 e. The number of nitrogens with one attached hydrogen (secondary N) is 1. The third-order valence-corrected chi connectivity index (χ3v) is 3.62. The summed E-state index contributed by atoms with van der Waals surface area (Å²) in [5.74, 6) is 1.33. The van der Waals surface area contributed by atoms with Crippen molar-refractivity contribution in [2.45, 2.75) is 25.7 Å². The smallest absolute Gasteiger partial charge is 0.227 e. The highest BCUT2D eigenvalue weighted by molar-refractivity contribution is 6.17. The van der Waals surface area contributed by atoms with E-state index in [1.54, 1.807) is 0 Å². The van der Waals surface area contributed by atoms with E-state index in [4.69, 9.17) is 11.6 Å². The zero-order valence-electron chi connectivity index (χ0n) is 10.1. The molecule has 0 heterocycles. The standard InChI is InChI=1S/C14H18ClNO/c1-10(6-7-15)9-16-14(17)13-8-11-4-2-3-5-12(11)13/h2-5,10,13H,6-9H2,1H3,(H,16,17). The van der Waals surface area contributed by atoms with Crippen LogP contribution >= 0.6 is 11.6 Å². The Balaban J connectivity index is 1.83. The van der Waals surface area contributed by atoms with Crippen molar-refractivity contribution in [3.8, 4) is 0 Å². The van der Waals surface area contributed by atoms with Gasteiger partial charge < -0.3 is 5.32 Å². The Labute approximate surface area is 107 Å². The second-order valence-corrected chi connectivity index (χ2v) is 5.16. The number of halogens is 1. The fourth-order valence-electron chi connectivity index (χ4n) is 2.18. The van der Waals surface area contributed by atoms with E-state index in [1.807, 2.05) is 18.2 Å². The van der Waals surface area contributed by atoms with Crippen LogP contribution in [0, 0.1) is 5.92 Å². The van der Waals surface area contributed by atoms with Gasteiger partial charge in [-0.2, -0.15) is 0 Å². The van der Waals surface area contributed by atoms with Gasteiger partial charge in [0.15, 0.2) is 0 Å². The van der Waals surface area contributed by atoms with Crippen molar-refractivity contribution < 1.29 is 4.79 Å². The summed E-state index contributed by atoms with van der Waals surface area (Å²) in [6, 6.07) is 8.16.